The molecule has 1 aromatic heterocycles. The predicted molar refractivity (Wildman–Crippen MR) is 71.5 cm³/mol. The Morgan fingerprint density at radius 2 is 2.05 bits per heavy atom. The van der Waals surface area contributed by atoms with Gasteiger partial charge < -0.3 is 9.15 Å². The summed E-state index contributed by atoms with van der Waals surface area (Å²) in [5.41, 5.74) is -0.287. The molecule has 7 heteroatoms. The van der Waals surface area contributed by atoms with Gasteiger partial charge >= 0.3 is 17.5 Å². The zero-order valence-corrected chi connectivity index (χ0v) is 11.2. The molecule has 106 valence electrons. The topological polar surface area (TPSA) is 81.8 Å². The fraction of sp³-hybridized carbons (Fsp3) is 0.308. The minimum absolute atomic E-state index is 0.0675. The molecule has 2 rings (SSSR count). The number of hydrogen-bond acceptors (Lipinski definition) is 5. The number of para-hydroxylation sites is 1. The highest BCUT2D eigenvalue weighted by Crippen LogP contribution is 2.08. The first-order valence-electron chi connectivity index (χ1n) is 6.05. The summed E-state index contributed by atoms with van der Waals surface area (Å²) in [6.07, 6.45) is -0.560. The second kappa shape index (κ2) is 5.60. The summed E-state index contributed by atoms with van der Waals surface area (Å²) in [4.78, 5) is 36.2. The first-order chi connectivity index (χ1) is 9.54. The summed E-state index contributed by atoms with van der Waals surface area (Å²) in [6, 6.07) is 6.54. The Bertz CT molecular complexity index is 746. The number of rotatable bonds is 3. The number of fused-ring (bicyclic) bond motifs is 1. The molecule has 0 spiro atoms. The van der Waals surface area contributed by atoms with E-state index in [9.17, 15) is 14.4 Å². The van der Waals surface area contributed by atoms with Gasteiger partial charge in [0.25, 0.3) is 0 Å². The lowest BCUT2D eigenvalue weighted by atomic mass is 10.2. The zero-order valence-electron chi connectivity index (χ0n) is 11.2. The third kappa shape index (κ3) is 2.56. The van der Waals surface area contributed by atoms with Gasteiger partial charge in [-0.15, -0.1) is 0 Å². The van der Waals surface area contributed by atoms with Crippen LogP contribution in [0.25, 0.3) is 10.9 Å². The van der Waals surface area contributed by atoms with Crippen molar-refractivity contribution in [1.82, 2.24) is 9.47 Å². The molecule has 0 saturated heterocycles. The summed E-state index contributed by atoms with van der Waals surface area (Å²) in [5, 5.41) is 0.282. The number of amides is 1. The Morgan fingerprint density at radius 3 is 2.75 bits per heavy atom. The van der Waals surface area contributed by atoms with E-state index in [1.807, 2.05) is 0 Å². The zero-order chi connectivity index (χ0) is 14.7. The fourth-order valence-corrected chi connectivity index (χ4v) is 1.81. The number of ether oxygens (including phenoxy) is 1. The van der Waals surface area contributed by atoms with Crippen LogP contribution < -0.4 is 11.4 Å². The molecule has 1 heterocycles. The highest BCUT2D eigenvalue weighted by molar-refractivity contribution is 5.77. The van der Waals surface area contributed by atoms with Crippen LogP contribution in [0.1, 0.15) is 6.92 Å². The van der Waals surface area contributed by atoms with Gasteiger partial charge in [0.05, 0.1) is 17.5 Å². The third-order valence-electron chi connectivity index (χ3n) is 2.75. The van der Waals surface area contributed by atoms with E-state index in [-0.39, 0.29) is 18.7 Å². The number of hydrogen-bond donors (Lipinski definition) is 0. The Balaban J connectivity index is 2.47. The van der Waals surface area contributed by atoms with Crippen LogP contribution in [0.4, 0.5) is 4.79 Å². The van der Waals surface area contributed by atoms with Gasteiger partial charge in [0.1, 0.15) is 6.67 Å². The Morgan fingerprint density at radius 1 is 1.35 bits per heavy atom. The molecule has 0 atom stereocenters. The second-order valence-electron chi connectivity index (χ2n) is 4.14. The van der Waals surface area contributed by atoms with Gasteiger partial charge in [-0.05, 0) is 19.1 Å². The van der Waals surface area contributed by atoms with E-state index in [0.29, 0.717) is 5.52 Å². The minimum Gasteiger partial charge on any atom is -0.450 e. The van der Waals surface area contributed by atoms with E-state index in [1.165, 1.54) is 16.5 Å². The molecule has 0 aliphatic carbocycles. The fourth-order valence-electron chi connectivity index (χ4n) is 1.81. The molecule has 1 amide bonds. The van der Waals surface area contributed by atoms with E-state index in [0.717, 1.165) is 0 Å². The van der Waals surface area contributed by atoms with Gasteiger partial charge in [0, 0.05) is 7.05 Å². The van der Waals surface area contributed by atoms with Gasteiger partial charge in [-0.2, -0.15) is 0 Å². The molecule has 0 aliphatic heterocycles. The maximum Gasteiger partial charge on any atom is 0.423 e. The third-order valence-corrected chi connectivity index (χ3v) is 2.75. The smallest absolute Gasteiger partial charge is 0.423 e. The van der Waals surface area contributed by atoms with E-state index >= 15 is 0 Å². The van der Waals surface area contributed by atoms with Gasteiger partial charge in [-0.1, -0.05) is 12.1 Å². The van der Waals surface area contributed by atoms with Crippen molar-refractivity contribution in [3.8, 4) is 0 Å². The van der Waals surface area contributed by atoms with Gasteiger partial charge in [-0.3, -0.25) is 9.47 Å². The van der Waals surface area contributed by atoms with Crippen molar-refractivity contribution in [2.75, 3.05) is 13.7 Å². The van der Waals surface area contributed by atoms with Crippen molar-refractivity contribution in [3.63, 3.8) is 0 Å². The lowest BCUT2D eigenvalue weighted by molar-refractivity contribution is 0.105. The van der Waals surface area contributed by atoms with Crippen molar-refractivity contribution >= 4 is 17.0 Å². The molecule has 2 aromatic rings. The molecule has 0 aliphatic rings. The molecule has 1 aromatic carbocycles. The number of carbonyl (C=O) groups is 1. The van der Waals surface area contributed by atoms with Crippen molar-refractivity contribution < 1.29 is 13.9 Å². The lowest BCUT2D eigenvalue weighted by Gasteiger charge is -2.18. The second-order valence-corrected chi connectivity index (χ2v) is 4.14. The van der Waals surface area contributed by atoms with Gasteiger partial charge in [0.15, 0.2) is 0 Å². The number of carbonyl (C=O) groups excluding carboxylic acids is 1. The maximum atomic E-state index is 11.8. The quantitative estimate of drug-likeness (QED) is 0.836. The first kappa shape index (κ1) is 13.9. The number of nitrogens with zero attached hydrogens (tertiary/aromatic N) is 2. The molecule has 20 heavy (non-hydrogen) atoms. The average molecular weight is 278 g/mol. The molecule has 0 fully saturated rings. The van der Waals surface area contributed by atoms with Crippen molar-refractivity contribution in [2.24, 2.45) is 0 Å². The molecule has 0 radical (unpaired) electrons. The van der Waals surface area contributed by atoms with Crippen LogP contribution >= 0.6 is 0 Å². The van der Waals surface area contributed by atoms with Crippen LogP contribution in [0.3, 0.4) is 0 Å². The molecular formula is C13H14N2O5. The molecule has 0 saturated carbocycles. The summed E-state index contributed by atoms with van der Waals surface area (Å²) in [6.45, 7) is 1.86. The minimum atomic E-state index is -0.815. The van der Waals surface area contributed by atoms with Crippen LogP contribution in [0.15, 0.2) is 38.3 Å². The van der Waals surface area contributed by atoms with E-state index in [2.05, 4.69) is 4.42 Å². The normalized spacial score (nSPS) is 10.5. The Labute approximate surface area is 114 Å². The van der Waals surface area contributed by atoms with E-state index in [4.69, 9.17) is 4.74 Å². The summed E-state index contributed by atoms with van der Waals surface area (Å²) < 4.78 is 10.7. The summed E-state index contributed by atoms with van der Waals surface area (Å²) >= 11 is 0. The molecule has 0 bridgehead atoms. The molecule has 7 nitrogen and oxygen atoms in total. The monoisotopic (exact) mass is 278 g/mol. The standard InChI is InChI=1S/C13H14N2O5/c1-3-19-12(17)14(2)8-15-10-7-5-4-6-9(10)11(16)20-13(15)18/h4-7H,3,8H2,1-2H3. The van der Waals surface area contributed by atoms with Crippen molar-refractivity contribution in [2.45, 2.75) is 13.6 Å². The Kier molecular flexibility index (Phi) is 3.88. The highest BCUT2D eigenvalue weighted by Gasteiger charge is 2.14. The van der Waals surface area contributed by atoms with Crippen LogP contribution in [-0.4, -0.2) is 29.2 Å². The molecule has 0 N–H and O–H groups in total. The average Bonchev–Trinajstić information content (AvgIpc) is 2.43. The van der Waals surface area contributed by atoms with Crippen LogP contribution in [0, 0.1) is 0 Å². The SMILES string of the molecule is CCOC(=O)N(C)Cn1c(=O)oc(=O)c2ccccc21. The Hall–Kier alpha value is -2.57. The van der Waals surface area contributed by atoms with Crippen LogP contribution in [0.2, 0.25) is 0 Å². The molecule has 0 unspecified atom stereocenters. The van der Waals surface area contributed by atoms with Crippen molar-refractivity contribution in [1.29, 1.82) is 0 Å². The van der Waals surface area contributed by atoms with Gasteiger partial charge in [-0.25, -0.2) is 14.4 Å². The van der Waals surface area contributed by atoms with Crippen LogP contribution in [0.5, 0.6) is 0 Å². The van der Waals surface area contributed by atoms with Gasteiger partial charge in [0.2, 0.25) is 0 Å². The summed E-state index contributed by atoms with van der Waals surface area (Å²) in [5.74, 6) is -0.815. The molecular weight excluding hydrogens is 264 g/mol. The van der Waals surface area contributed by atoms with Crippen LogP contribution in [-0.2, 0) is 11.4 Å². The lowest BCUT2D eigenvalue weighted by Crippen LogP contribution is -2.35. The maximum absolute atomic E-state index is 11.8. The van der Waals surface area contributed by atoms with E-state index in [1.54, 1.807) is 31.2 Å². The van der Waals surface area contributed by atoms with E-state index < -0.39 is 17.5 Å². The van der Waals surface area contributed by atoms with Crippen molar-refractivity contribution in [3.05, 3.63) is 45.2 Å². The number of benzene rings is 1. The largest absolute Gasteiger partial charge is 0.450 e. The highest BCUT2D eigenvalue weighted by atomic mass is 16.6. The summed E-state index contributed by atoms with van der Waals surface area (Å²) in [7, 11) is 1.49. The first-order valence-corrected chi connectivity index (χ1v) is 6.05. The predicted octanol–water partition coefficient (Wildman–Crippen LogP) is 1.00. The number of aromatic nitrogens is 1.